The molecule has 270 valence electrons. The first-order valence-electron chi connectivity index (χ1n) is 17.4. The van der Waals surface area contributed by atoms with Crippen LogP contribution in [0.3, 0.4) is 0 Å². The number of rotatable bonds is 8. The summed E-state index contributed by atoms with van der Waals surface area (Å²) in [5.74, 6) is 0.482. The normalized spacial score (nSPS) is 11.5. The van der Waals surface area contributed by atoms with Crippen molar-refractivity contribution in [3.63, 3.8) is 0 Å². The van der Waals surface area contributed by atoms with Crippen LogP contribution in [0.2, 0.25) is 0 Å². The third-order valence-electron chi connectivity index (χ3n) is 7.77. The zero-order chi connectivity index (χ0) is 36.8. The van der Waals surface area contributed by atoms with Crippen LogP contribution < -0.4 is 31.8 Å². The molecule has 0 N–H and O–H groups in total. The van der Waals surface area contributed by atoms with E-state index in [0.29, 0.717) is 5.75 Å². The molecule has 54 heavy (non-hydrogen) atoms. The van der Waals surface area contributed by atoms with E-state index in [4.69, 9.17) is 0 Å². The molecule has 2 radical (unpaired) electrons. The van der Waals surface area contributed by atoms with Crippen molar-refractivity contribution in [3.8, 4) is 0 Å². The molecule has 0 aliphatic heterocycles. The van der Waals surface area contributed by atoms with Crippen molar-refractivity contribution >= 4 is 69.2 Å². The average molecular weight is 862 g/mol. The van der Waals surface area contributed by atoms with Crippen molar-refractivity contribution in [1.82, 2.24) is 0 Å². The zero-order valence-electron chi connectivity index (χ0n) is 29.8. The third-order valence-corrected chi connectivity index (χ3v) is 13.6. The van der Waals surface area contributed by atoms with Crippen molar-refractivity contribution in [2.24, 2.45) is 0 Å². The number of hydrogen-bond acceptors (Lipinski definition) is 2. The molecule has 7 aromatic carbocycles. The monoisotopic (exact) mass is 862 g/mol. The van der Waals surface area contributed by atoms with Crippen molar-refractivity contribution in [2.75, 3.05) is 0 Å². The third kappa shape index (κ3) is 14.7. The molecule has 8 rings (SSSR count). The van der Waals surface area contributed by atoms with E-state index in [9.17, 15) is 4.21 Å². The molecule has 6 heteroatoms. The average Bonchev–Trinajstić information content (AvgIpc) is 3.83. The Bertz CT molecular complexity index is 1770. The molecule has 0 saturated carbocycles. The summed E-state index contributed by atoms with van der Waals surface area (Å²) in [7, 11) is -2.03. The fraction of sp³-hybridized carbons (Fsp3) is 0.0208. The standard InChI is InChI=1S/2C18H15P.C7H8OS2.C5H5.Ru/c2*1-4-10-16(11-5-1)19(17-12-6-2-7-13-17)18-14-8-3-9-15-18;8-10(9)6-7-4-2-1-3-5-7;1-2-4-5-3-1;/h2*1-15H;1-5H,6H2,(H,8,9);1-5H;/q;;;;+1/p-1. The minimum Gasteiger partial charge on any atom is -0.682 e. The first-order chi connectivity index (χ1) is 26.2. The van der Waals surface area contributed by atoms with Gasteiger partial charge in [-0.25, -0.2) is 0 Å². The molecular weight excluding hydrogens is 820 g/mol. The first-order valence-corrected chi connectivity index (χ1v) is 22.3. The Morgan fingerprint density at radius 1 is 0.352 bits per heavy atom. The summed E-state index contributed by atoms with van der Waals surface area (Å²) >= 11 is 4.53. The summed E-state index contributed by atoms with van der Waals surface area (Å²) in [6.07, 6.45) is 10.0. The van der Waals surface area contributed by atoms with Gasteiger partial charge in [-0.2, -0.15) is 0 Å². The van der Waals surface area contributed by atoms with Gasteiger partial charge in [0.15, 0.2) is 0 Å². The van der Waals surface area contributed by atoms with Gasteiger partial charge in [-0.05, 0) is 53.2 Å². The molecule has 0 fully saturated rings. The second-order valence-electron chi connectivity index (χ2n) is 11.6. The van der Waals surface area contributed by atoms with Gasteiger partial charge in [0.1, 0.15) is 0 Å². The zero-order valence-corrected chi connectivity index (χ0v) is 34.9. The van der Waals surface area contributed by atoms with Gasteiger partial charge in [0, 0.05) is 12.2 Å². The molecule has 1 atom stereocenters. The maximum absolute atomic E-state index is 10.5. The van der Waals surface area contributed by atoms with Crippen molar-refractivity contribution in [3.05, 3.63) is 249 Å². The van der Waals surface area contributed by atoms with Crippen molar-refractivity contribution in [2.45, 2.75) is 5.75 Å². The number of hydrogen-bond donors (Lipinski definition) is 0. The Hall–Kier alpha value is -4.00. The maximum atomic E-state index is 10.5. The first kappa shape index (κ1) is 42.7. The smallest absolute Gasteiger partial charge is 0.682 e. The van der Waals surface area contributed by atoms with E-state index in [1.54, 1.807) is 0 Å². The predicted octanol–water partition coefficient (Wildman–Crippen LogP) is 9.60. The van der Waals surface area contributed by atoms with Crippen LogP contribution in [0.25, 0.3) is 0 Å². The van der Waals surface area contributed by atoms with Gasteiger partial charge in [0.2, 0.25) is 0 Å². The van der Waals surface area contributed by atoms with Gasteiger partial charge in [-0.1, -0.05) is 237 Å². The molecule has 1 aliphatic carbocycles. The van der Waals surface area contributed by atoms with Gasteiger partial charge >= 0.3 is 19.5 Å². The maximum Gasteiger partial charge on any atom is 1.00 e. The van der Waals surface area contributed by atoms with Crippen LogP contribution in [-0.2, 0) is 46.7 Å². The molecule has 7 aromatic rings. The van der Waals surface area contributed by atoms with Gasteiger partial charge in [-0.15, -0.1) is 9.83 Å². The van der Waals surface area contributed by atoms with Crippen LogP contribution in [0.4, 0.5) is 0 Å². The molecule has 0 bridgehead atoms. The van der Waals surface area contributed by atoms with Gasteiger partial charge in [0.25, 0.3) is 0 Å². The van der Waals surface area contributed by atoms with Gasteiger partial charge < -0.3 is 11.7 Å². The van der Waals surface area contributed by atoms with E-state index < -0.39 is 25.7 Å². The molecule has 0 aromatic heterocycles. The molecular formula is C48H42OP2RuS2. The van der Waals surface area contributed by atoms with Crippen LogP contribution >= 0.6 is 15.8 Å². The molecule has 1 aliphatic rings. The van der Waals surface area contributed by atoms with E-state index in [1.807, 2.05) is 61.1 Å². The van der Waals surface area contributed by atoms with E-state index in [1.165, 1.54) is 31.8 Å². The van der Waals surface area contributed by atoms with Crippen LogP contribution in [0.1, 0.15) is 5.56 Å². The minimum absolute atomic E-state index is 0. The van der Waals surface area contributed by atoms with E-state index >= 15 is 0 Å². The molecule has 0 heterocycles. The summed E-state index contributed by atoms with van der Waals surface area (Å²) in [5, 5.41) is 8.39. The minimum atomic E-state index is -1.13. The summed E-state index contributed by atoms with van der Waals surface area (Å²) in [6, 6.07) is 74.2. The molecule has 1 nitrogen and oxygen atoms in total. The fourth-order valence-corrected chi connectivity index (χ4v) is 10.9. The van der Waals surface area contributed by atoms with Crippen LogP contribution in [0, 0.1) is 6.42 Å². The second kappa shape index (κ2) is 25.2. The van der Waals surface area contributed by atoms with Crippen LogP contribution in [-0.4, -0.2) is 4.21 Å². The molecule has 0 saturated heterocycles. The van der Waals surface area contributed by atoms with E-state index in [-0.39, 0.29) is 19.5 Å². The summed E-state index contributed by atoms with van der Waals surface area (Å²) in [6.45, 7) is 0. The Morgan fingerprint density at radius 3 is 0.759 bits per heavy atom. The molecule has 1 unspecified atom stereocenters. The van der Waals surface area contributed by atoms with Gasteiger partial charge in [-0.3, -0.25) is 4.21 Å². The topological polar surface area (TPSA) is 17.1 Å². The Balaban J connectivity index is 0.000000174. The van der Waals surface area contributed by atoms with Crippen LogP contribution in [0.15, 0.2) is 237 Å². The number of allylic oxidation sites excluding steroid dienone is 4. The van der Waals surface area contributed by atoms with E-state index in [2.05, 4.69) is 194 Å². The Morgan fingerprint density at radius 2 is 0.574 bits per heavy atom. The largest absolute Gasteiger partial charge is 1.00 e. The number of benzene rings is 7. The SMILES string of the molecule is O=S([S-])Cc1ccccc1.[CH]1C=CC=C1.[Ru+].c1ccc(P(c2ccccc2)c2ccccc2)cc1.c1ccc(P(c2ccccc2)c2ccccc2)cc1. The summed E-state index contributed by atoms with van der Waals surface area (Å²) in [4.78, 5) is 0. The second-order valence-corrected chi connectivity index (χ2v) is 18.0. The predicted molar refractivity (Wildman–Crippen MR) is 239 cm³/mol. The van der Waals surface area contributed by atoms with E-state index in [0.717, 1.165) is 5.56 Å². The summed E-state index contributed by atoms with van der Waals surface area (Å²) in [5.41, 5.74) is 1.04. The molecule has 0 spiro atoms. The molecule has 0 amide bonds. The van der Waals surface area contributed by atoms with Crippen molar-refractivity contribution < 1.29 is 23.7 Å². The Labute approximate surface area is 344 Å². The fourth-order valence-electron chi connectivity index (χ4n) is 5.39. The summed E-state index contributed by atoms with van der Waals surface area (Å²) < 4.78 is 10.5. The quantitative estimate of drug-likeness (QED) is 0.0656. The van der Waals surface area contributed by atoms with Crippen LogP contribution in [0.5, 0.6) is 0 Å². The Kier molecular flexibility index (Phi) is 19.9. The van der Waals surface area contributed by atoms with Gasteiger partial charge in [0.05, 0.1) is 0 Å². The van der Waals surface area contributed by atoms with Crippen molar-refractivity contribution in [1.29, 1.82) is 0 Å².